The molecule has 6 aromatic rings. The Labute approximate surface area is 227 Å². The highest BCUT2D eigenvalue weighted by atomic mass is 32.1. The molecule has 0 bridgehead atoms. The van der Waals surface area contributed by atoms with Crippen molar-refractivity contribution in [3.63, 3.8) is 0 Å². The summed E-state index contributed by atoms with van der Waals surface area (Å²) in [6, 6.07) is 22.8. The number of pyridine rings is 1. The summed E-state index contributed by atoms with van der Waals surface area (Å²) >= 11 is 3.69. The third kappa shape index (κ3) is 4.28. The molecule has 3 aromatic carbocycles. The van der Waals surface area contributed by atoms with Crippen LogP contribution in [0, 0.1) is 12.8 Å². The summed E-state index contributed by atoms with van der Waals surface area (Å²) in [5.41, 5.74) is 10.1. The monoisotopic (exact) mass is 519 g/mol. The minimum atomic E-state index is 0.0376. The number of benzene rings is 3. The van der Waals surface area contributed by atoms with E-state index >= 15 is 0 Å². The van der Waals surface area contributed by atoms with Gasteiger partial charge in [-0.15, -0.1) is 22.7 Å². The van der Waals surface area contributed by atoms with Crippen LogP contribution in [-0.4, -0.2) is 4.98 Å². The summed E-state index contributed by atoms with van der Waals surface area (Å²) in [5, 5.41) is 8.46. The quantitative estimate of drug-likeness (QED) is 0.226. The van der Waals surface area contributed by atoms with Gasteiger partial charge in [0.05, 0.1) is 15.9 Å². The molecular weight excluding hydrogens is 487 g/mol. The topological polar surface area (TPSA) is 12.9 Å². The van der Waals surface area contributed by atoms with Gasteiger partial charge in [-0.25, -0.2) is 4.98 Å². The lowest BCUT2D eigenvalue weighted by Crippen LogP contribution is -2.12. The highest BCUT2D eigenvalue weighted by Crippen LogP contribution is 2.43. The molecule has 3 heteroatoms. The van der Waals surface area contributed by atoms with Gasteiger partial charge in [-0.2, -0.15) is 0 Å². The maximum atomic E-state index is 5.26. The lowest BCUT2D eigenvalue weighted by Gasteiger charge is -2.23. The fraction of sp³-hybridized carbons (Fsp3) is 0.265. The van der Waals surface area contributed by atoms with Crippen LogP contribution in [0.1, 0.15) is 51.3 Å². The minimum Gasteiger partial charge on any atom is -0.247 e. The van der Waals surface area contributed by atoms with Gasteiger partial charge in [-0.1, -0.05) is 71.0 Å². The van der Waals surface area contributed by atoms with Gasteiger partial charge < -0.3 is 0 Å². The Balaban J connectivity index is 1.62. The van der Waals surface area contributed by atoms with Crippen LogP contribution in [0.5, 0.6) is 0 Å². The van der Waals surface area contributed by atoms with Gasteiger partial charge in [0.1, 0.15) is 0 Å². The smallest absolute Gasteiger partial charge is 0.0852 e. The van der Waals surface area contributed by atoms with Gasteiger partial charge in [0.2, 0.25) is 0 Å². The average Bonchev–Trinajstić information content (AvgIpc) is 3.50. The Morgan fingerprint density at radius 1 is 0.838 bits per heavy atom. The lowest BCUT2D eigenvalue weighted by atomic mass is 9.82. The predicted molar refractivity (Wildman–Crippen MR) is 165 cm³/mol. The van der Waals surface area contributed by atoms with Crippen LogP contribution in [0.25, 0.3) is 53.5 Å². The Morgan fingerprint density at radius 2 is 1.65 bits per heavy atom. The van der Waals surface area contributed by atoms with Crippen molar-refractivity contribution in [3.05, 3.63) is 88.1 Å². The molecule has 1 nitrogen and oxygen atoms in total. The van der Waals surface area contributed by atoms with E-state index in [0.29, 0.717) is 5.92 Å². The van der Waals surface area contributed by atoms with Gasteiger partial charge in [-0.05, 0) is 92.7 Å². The maximum Gasteiger partial charge on any atom is 0.0852 e. The molecule has 0 saturated carbocycles. The standard InChI is InChI=1S/C34H33NS2/c1-20(2)15-23-11-12-26(27-13-14-36-32(23)27)28-18-30(35-31-21(3)19-37-33(28)31)24-16-22-9-7-8-10-25(22)29(17-24)34(4,5)6/h7-14,16-20H,15H2,1-6H3. The van der Waals surface area contributed by atoms with Crippen LogP contribution < -0.4 is 0 Å². The summed E-state index contributed by atoms with van der Waals surface area (Å²) in [6.45, 7) is 13.7. The van der Waals surface area contributed by atoms with Crippen molar-refractivity contribution in [1.29, 1.82) is 0 Å². The van der Waals surface area contributed by atoms with Crippen molar-refractivity contribution in [2.75, 3.05) is 0 Å². The van der Waals surface area contributed by atoms with E-state index in [2.05, 4.69) is 113 Å². The molecule has 0 spiro atoms. The Hall–Kier alpha value is -3.01. The van der Waals surface area contributed by atoms with E-state index in [-0.39, 0.29) is 5.41 Å². The SMILES string of the molecule is Cc1csc2c(-c3ccc(CC(C)C)c4sccc34)cc(-c3cc(C(C)(C)C)c4ccccc4c3)nc12. The first-order valence-corrected chi connectivity index (χ1v) is 14.9. The van der Waals surface area contributed by atoms with Crippen molar-refractivity contribution in [1.82, 2.24) is 4.98 Å². The van der Waals surface area contributed by atoms with Crippen molar-refractivity contribution in [3.8, 4) is 22.4 Å². The Kier molecular flexibility index (Phi) is 5.97. The number of thiophene rings is 2. The highest BCUT2D eigenvalue weighted by Gasteiger charge is 2.21. The van der Waals surface area contributed by atoms with Crippen LogP contribution in [0.15, 0.2) is 71.4 Å². The largest absolute Gasteiger partial charge is 0.247 e. The van der Waals surface area contributed by atoms with Crippen LogP contribution in [0.4, 0.5) is 0 Å². The third-order valence-electron chi connectivity index (χ3n) is 7.28. The van der Waals surface area contributed by atoms with E-state index in [1.807, 2.05) is 22.7 Å². The Bertz CT molecular complexity index is 1780. The molecule has 0 amide bonds. The molecule has 3 heterocycles. The summed E-state index contributed by atoms with van der Waals surface area (Å²) < 4.78 is 2.70. The molecule has 6 rings (SSSR count). The van der Waals surface area contributed by atoms with Gasteiger partial charge in [-0.3, -0.25) is 0 Å². The zero-order valence-corrected chi connectivity index (χ0v) is 24.1. The van der Waals surface area contributed by atoms with Gasteiger partial charge in [0.25, 0.3) is 0 Å². The van der Waals surface area contributed by atoms with E-state index in [4.69, 9.17) is 4.98 Å². The zero-order chi connectivity index (χ0) is 25.9. The first-order chi connectivity index (χ1) is 17.7. The van der Waals surface area contributed by atoms with E-state index in [1.165, 1.54) is 58.9 Å². The van der Waals surface area contributed by atoms with Crippen LogP contribution in [-0.2, 0) is 11.8 Å². The molecule has 0 fully saturated rings. The number of rotatable bonds is 4. The fourth-order valence-corrected chi connectivity index (χ4v) is 7.47. The molecule has 3 aromatic heterocycles. The summed E-state index contributed by atoms with van der Waals surface area (Å²) in [5.74, 6) is 0.639. The normalized spacial score (nSPS) is 12.4. The highest BCUT2D eigenvalue weighted by molar-refractivity contribution is 7.18. The van der Waals surface area contributed by atoms with E-state index in [1.54, 1.807) is 0 Å². The average molecular weight is 520 g/mol. The number of hydrogen-bond acceptors (Lipinski definition) is 3. The summed E-state index contributed by atoms with van der Waals surface area (Å²) in [7, 11) is 0. The molecule has 0 saturated heterocycles. The van der Waals surface area contributed by atoms with Crippen LogP contribution >= 0.6 is 22.7 Å². The maximum absolute atomic E-state index is 5.26. The number of aromatic nitrogens is 1. The summed E-state index contributed by atoms with van der Waals surface area (Å²) in [4.78, 5) is 5.26. The lowest BCUT2D eigenvalue weighted by molar-refractivity contribution is 0.596. The molecule has 0 atom stereocenters. The number of fused-ring (bicyclic) bond motifs is 3. The van der Waals surface area contributed by atoms with Crippen molar-refractivity contribution < 1.29 is 0 Å². The second kappa shape index (κ2) is 9.08. The predicted octanol–water partition coefficient (Wildman–Crippen LogP) is 10.8. The molecule has 0 aliphatic rings. The van der Waals surface area contributed by atoms with Gasteiger partial charge >= 0.3 is 0 Å². The Morgan fingerprint density at radius 3 is 2.43 bits per heavy atom. The van der Waals surface area contributed by atoms with Gasteiger partial charge in [0.15, 0.2) is 0 Å². The van der Waals surface area contributed by atoms with E-state index in [9.17, 15) is 0 Å². The molecular formula is C34H33NS2. The molecule has 0 aliphatic carbocycles. The minimum absolute atomic E-state index is 0.0376. The first-order valence-electron chi connectivity index (χ1n) is 13.1. The third-order valence-corrected chi connectivity index (χ3v) is 9.39. The van der Waals surface area contributed by atoms with Crippen molar-refractivity contribution in [2.24, 2.45) is 5.92 Å². The molecule has 0 radical (unpaired) electrons. The van der Waals surface area contributed by atoms with E-state index in [0.717, 1.165) is 17.6 Å². The second-order valence-corrected chi connectivity index (χ2v) is 13.5. The van der Waals surface area contributed by atoms with E-state index < -0.39 is 0 Å². The second-order valence-electron chi connectivity index (χ2n) is 11.7. The van der Waals surface area contributed by atoms with Crippen molar-refractivity contribution >= 4 is 53.7 Å². The number of hydrogen-bond donors (Lipinski definition) is 0. The van der Waals surface area contributed by atoms with Crippen molar-refractivity contribution in [2.45, 2.75) is 53.4 Å². The molecule has 0 aliphatic heterocycles. The molecule has 0 unspecified atom stereocenters. The first kappa shape index (κ1) is 24.3. The molecule has 0 N–H and O–H groups in total. The number of aryl methyl sites for hydroxylation is 1. The molecule has 37 heavy (non-hydrogen) atoms. The van der Waals surface area contributed by atoms with Crippen LogP contribution in [0.2, 0.25) is 0 Å². The zero-order valence-electron chi connectivity index (χ0n) is 22.5. The van der Waals surface area contributed by atoms with Crippen LogP contribution in [0.3, 0.4) is 0 Å². The number of nitrogens with zero attached hydrogens (tertiary/aromatic N) is 1. The molecule has 186 valence electrons. The summed E-state index contributed by atoms with van der Waals surface area (Å²) in [6.07, 6.45) is 1.11. The fourth-order valence-electron chi connectivity index (χ4n) is 5.50. The van der Waals surface area contributed by atoms with Gasteiger partial charge in [0, 0.05) is 21.2 Å².